The summed E-state index contributed by atoms with van der Waals surface area (Å²) in [5.74, 6) is 0.112. The number of rotatable bonds is 2. The summed E-state index contributed by atoms with van der Waals surface area (Å²) in [6.07, 6.45) is 5.02. The maximum absolute atomic E-state index is 11.0. The minimum atomic E-state index is -0.528. The van der Waals surface area contributed by atoms with Crippen LogP contribution in [-0.4, -0.2) is 20.4 Å². The first kappa shape index (κ1) is 9.39. The zero-order valence-corrected chi connectivity index (χ0v) is 8.21. The topological polar surface area (TPSA) is 73.8 Å². The molecule has 0 bridgehead atoms. The molecule has 0 saturated heterocycles. The summed E-state index contributed by atoms with van der Waals surface area (Å²) in [6, 6.07) is 3.51. The van der Waals surface area contributed by atoms with Crippen LogP contribution in [0.5, 0.6) is 0 Å². The summed E-state index contributed by atoms with van der Waals surface area (Å²) in [5, 5.41) is 0. The maximum Gasteiger partial charge on any atom is 0.267 e. The Kier molecular flexibility index (Phi) is 2.21. The van der Waals surface area contributed by atoms with Crippen molar-refractivity contribution < 1.29 is 4.79 Å². The molecule has 2 heterocycles. The van der Waals surface area contributed by atoms with Crippen LogP contribution < -0.4 is 5.73 Å². The van der Waals surface area contributed by atoms with Crippen molar-refractivity contribution in [3.63, 3.8) is 0 Å². The molecule has 2 rings (SSSR count). The van der Waals surface area contributed by atoms with Crippen molar-refractivity contribution in [3.8, 4) is 5.82 Å². The van der Waals surface area contributed by atoms with Gasteiger partial charge in [-0.1, -0.05) is 0 Å². The van der Waals surface area contributed by atoms with Crippen molar-refractivity contribution in [3.05, 3.63) is 42.1 Å². The Balaban J connectivity index is 2.54. The van der Waals surface area contributed by atoms with Crippen LogP contribution >= 0.6 is 0 Å². The van der Waals surface area contributed by atoms with E-state index in [1.807, 2.05) is 13.0 Å². The molecular formula is C10H10N4O. The van der Waals surface area contributed by atoms with E-state index in [0.717, 1.165) is 5.56 Å². The van der Waals surface area contributed by atoms with E-state index in [0.29, 0.717) is 5.82 Å². The van der Waals surface area contributed by atoms with Crippen LogP contribution in [0, 0.1) is 6.92 Å². The number of amides is 1. The van der Waals surface area contributed by atoms with Crippen molar-refractivity contribution in [2.75, 3.05) is 0 Å². The van der Waals surface area contributed by atoms with Crippen LogP contribution in [0.4, 0.5) is 0 Å². The Morgan fingerprint density at radius 3 is 2.87 bits per heavy atom. The first-order chi connectivity index (χ1) is 7.16. The first-order valence-electron chi connectivity index (χ1n) is 4.43. The molecule has 0 unspecified atom stereocenters. The quantitative estimate of drug-likeness (QED) is 0.778. The zero-order chi connectivity index (χ0) is 10.8. The number of hydrogen-bond donors (Lipinski definition) is 1. The van der Waals surface area contributed by atoms with E-state index >= 15 is 0 Å². The highest BCUT2D eigenvalue weighted by Gasteiger charge is 2.06. The van der Waals surface area contributed by atoms with Gasteiger partial charge in [-0.25, -0.2) is 9.97 Å². The Bertz CT molecular complexity index is 490. The predicted octanol–water partition coefficient (Wildman–Crippen LogP) is 0.675. The van der Waals surface area contributed by atoms with Gasteiger partial charge in [0.2, 0.25) is 0 Å². The predicted molar refractivity (Wildman–Crippen MR) is 54.6 cm³/mol. The van der Waals surface area contributed by atoms with Crippen LogP contribution in [0.2, 0.25) is 0 Å². The van der Waals surface area contributed by atoms with E-state index in [9.17, 15) is 4.79 Å². The number of carbonyl (C=O) groups is 1. The van der Waals surface area contributed by atoms with Crippen LogP contribution in [0.3, 0.4) is 0 Å². The number of imidazole rings is 1. The molecule has 0 spiro atoms. The number of hydrogen-bond acceptors (Lipinski definition) is 3. The number of carbonyl (C=O) groups excluding carboxylic acids is 1. The Labute approximate surface area is 86.6 Å². The average Bonchev–Trinajstić information content (AvgIpc) is 2.69. The second kappa shape index (κ2) is 3.53. The highest BCUT2D eigenvalue weighted by Crippen LogP contribution is 2.08. The highest BCUT2D eigenvalue weighted by atomic mass is 16.1. The third-order valence-corrected chi connectivity index (χ3v) is 1.98. The van der Waals surface area contributed by atoms with E-state index in [4.69, 9.17) is 5.73 Å². The summed E-state index contributed by atoms with van der Waals surface area (Å²) in [4.78, 5) is 19.0. The molecule has 76 valence electrons. The lowest BCUT2D eigenvalue weighted by atomic mass is 10.2. The van der Waals surface area contributed by atoms with E-state index in [1.54, 1.807) is 29.4 Å². The molecule has 2 N–H and O–H groups in total. The van der Waals surface area contributed by atoms with Gasteiger partial charge in [0, 0.05) is 12.4 Å². The second-order valence-electron chi connectivity index (χ2n) is 3.22. The van der Waals surface area contributed by atoms with E-state index in [1.165, 1.54) is 0 Å². The van der Waals surface area contributed by atoms with Crippen LogP contribution in [0.15, 0.2) is 30.9 Å². The van der Waals surface area contributed by atoms with Crippen LogP contribution in [0.1, 0.15) is 16.1 Å². The molecule has 2 aromatic heterocycles. The number of aryl methyl sites for hydroxylation is 1. The number of nitrogens with two attached hydrogens (primary N) is 1. The lowest BCUT2D eigenvalue weighted by Gasteiger charge is -2.04. The molecule has 2 aromatic rings. The molecule has 0 aliphatic rings. The van der Waals surface area contributed by atoms with Crippen molar-refractivity contribution in [1.29, 1.82) is 0 Å². The summed E-state index contributed by atoms with van der Waals surface area (Å²) >= 11 is 0. The fourth-order valence-electron chi connectivity index (χ4n) is 1.30. The van der Waals surface area contributed by atoms with Gasteiger partial charge in [-0.3, -0.25) is 9.36 Å². The molecule has 15 heavy (non-hydrogen) atoms. The van der Waals surface area contributed by atoms with Crippen molar-refractivity contribution in [1.82, 2.24) is 14.5 Å². The van der Waals surface area contributed by atoms with Crippen molar-refractivity contribution in [2.24, 2.45) is 5.73 Å². The van der Waals surface area contributed by atoms with Gasteiger partial charge in [0.15, 0.2) is 0 Å². The zero-order valence-electron chi connectivity index (χ0n) is 8.21. The minimum Gasteiger partial charge on any atom is -0.364 e. The molecule has 0 aromatic carbocycles. The maximum atomic E-state index is 11.0. The summed E-state index contributed by atoms with van der Waals surface area (Å²) in [6.45, 7) is 1.88. The normalized spacial score (nSPS) is 10.2. The van der Waals surface area contributed by atoms with Gasteiger partial charge < -0.3 is 5.73 Å². The fraction of sp³-hybridized carbons (Fsp3) is 0.100. The molecule has 0 atom stereocenters. The van der Waals surface area contributed by atoms with Gasteiger partial charge in [-0.2, -0.15) is 0 Å². The molecule has 0 aliphatic heterocycles. The Morgan fingerprint density at radius 1 is 1.47 bits per heavy atom. The molecule has 0 saturated carbocycles. The molecule has 0 radical (unpaired) electrons. The van der Waals surface area contributed by atoms with Crippen molar-refractivity contribution in [2.45, 2.75) is 6.92 Å². The Hall–Kier alpha value is -2.17. The van der Waals surface area contributed by atoms with Crippen LogP contribution in [0.25, 0.3) is 5.82 Å². The molecular weight excluding hydrogens is 192 g/mol. The SMILES string of the molecule is Cc1cc(C(N)=O)nc(-n2ccnc2)c1. The molecule has 0 aliphatic carbocycles. The molecule has 5 heteroatoms. The largest absolute Gasteiger partial charge is 0.364 e. The monoisotopic (exact) mass is 202 g/mol. The van der Waals surface area contributed by atoms with Gasteiger partial charge in [0.1, 0.15) is 17.8 Å². The lowest BCUT2D eigenvalue weighted by molar-refractivity contribution is 0.0995. The second-order valence-corrected chi connectivity index (χ2v) is 3.22. The van der Waals surface area contributed by atoms with E-state index in [-0.39, 0.29) is 5.69 Å². The van der Waals surface area contributed by atoms with Gasteiger partial charge >= 0.3 is 0 Å². The number of primary amides is 1. The fourth-order valence-corrected chi connectivity index (χ4v) is 1.30. The Morgan fingerprint density at radius 2 is 2.27 bits per heavy atom. The van der Waals surface area contributed by atoms with Gasteiger partial charge in [-0.15, -0.1) is 0 Å². The summed E-state index contributed by atoms with van der Waals surface area (Å²) in [7, 11) is 0. The van der Waals surface area contributed by atoms with Gasteiger partial charge in [0.05, 0.1) is 0 Å². The van der Waals surface area contributed by atoms with Gasteiger partial charge in [0.25, 0.3) is 5.91 Å². The van der Waals surface area contributed by atoms with Crippen molar-refractivity contribution >= 4 is 5.91 Å². The van der Waals surface area contributed by atoms with E-state index in [2.05, 4.69) is 9.97 Å². The smallest absolute Gasteiger partial charge is 0.267 e. The number of aromatic nitrogens is 3. The van der Waals surface area contributed by atoms with E-state index < -0.39 is 5.91 Å². The lowest BCUT2D eigenvalue weighted by Crippen LogP contribution is -2.14. The highest BCUT2D eigenvalue weighted by molar-refractivity contribution is 5.91. The third kappa shape index (κ3) is 1.85. The third-order valence-electron chi connectivity index (χ3n) is 1.98. The standard InChI is InChI=1S/C10H10N4O/c1-7-4-8(10(11)15)13-9(5-7)14-3-2-12-6-14/h2-6H,1H3,(H2,11,15). The summed E-state index contributed by atoms with van der Waals surface area (Å²) in [5.41, 5.74) is 6.37. The van der Waals surface area contributed by atoms with Crippen LogP contribution in [-0.2, 0) is 0 Å². The molecule has 5 nitrogen and oxygen atoms in total. The average molecular weight is 202 g/mol. The molecule has 1 amide bonds. The minimum absolute atomic E-state index is 0.263. The van der Waals surface area contributed by atoms with Gasteiger partial charge in [-0.05, 0) is 24.6 Å². The molecule has 0 fully saturated rings. The number of pyridine rings is 1. The first-order valence-corrected chi connectivity index (χ1v) is 4.43. The number of nitrogens with zero attached hydrogens (tertiary/aromatic N) is 3. The summed E-state index contributed by atoms with van der Waals surface area (Å²) < 4.78 is 1.72.